The molecule has 2 N–H and O–H groups in total. The molecule has 0 saturated heterocycles. The van der Waals surface area contributed by atoms with Gasteiger partial charge in [0.05, 0.1) is 11.5 Å². The zero-order valence-electron chi connectivity index (χ0n) is 12.6. The largest absolute Gasteiger partial charge is 0.325 e. The standard InChI is InChI=1S/C17H17ClN2O2S/c1-12-2-6-14(7-3-12)19-16(21)10-23-11-17(22)20-15-8-4-13(18)5-9-15/h2-9H,10-11H2,1H3,(H,19,21)(H,20,22). The maximum Gasteiger partial charge on any atom is 0.234 e. The molecule has 0 saturated carbocycles. The Hall–Kier alpha value is -1.98. The quantitative estimate of drug-likeness (QED) is 0.830. The maximum atomic E-state index is 11.8. The summed E-state index contributed by atoms with van der Waals surface area (Å²) in [5.41, 5.74) is 2.58. The number of halogens is 1. The molecule has 0 unspecified atom stereocenters. The molecule has 0 aromatic heterocycles. The highest BCUT2D eigenvalue weighted by Gasteiger charge is 2.06. The summed E-state index contributed by atoms with van der Waals surface area (Å²) in [6, 6.07) is 14.4. The van der Waals surface area contributed by atoms with Gasteiger partial charge in [0.1, 0.15) is 0 Å². The first-order chi connectivity index (χ1) is 11.0. The number of nitrogens with one attached hydrogen (secondary N) is 2. The van der Waals surface area contributed by atoms with Gasteiger partial charge in [-0.15, -0.1) is 11.8 Å². The lowest BCUT2D eigenvalue weighted by Crippen LogP contribution is -2.18. The van der Waals surface area contributed by atoms with Crippen molar-refractivity contribution < 1.29 is 9.59 Å². The van der Waals surface area contributed by atoms with Gasteiger partial charge in [-0.2, -0.15) is 0 Å². The van der Waals surface area contributed by atoms with Crippen LogP contribution in [0.25, 0.3) is 0 Å². The second-order valence-electron chi connectivity index (χ2n) is 4.96. The van der Waals surface area contributed by atoms with E-state index in [1.54, 1.807) is 24.3 Å². The highest BCUT2D eigenvalue weighted by atomic mass is 35.5. The van der Waals surface area contributed by atoms with E-state index in [2.05, 4.69) is 10.6 Å². The molecule has 0 heterocycles. The number of hydrogen-bond donors (Lipinski definition) is 2. The van der Waals surface area contributed by atoms with Crippen molar-refractivity contribution in [2.45, 2.75) is 6.92 Å². The third-order valence-corrected chi connectivity index (χ3v) is 4.11. The van der Waals surface area contributed by atoms with Crippen LogP contribution in [0.3, 0.4) is 0 Å². The van der Waals surface area contributed by atoms with Crippen LogP contribution in [-0.4, -0.2) is 23.3 Å². The normalized spacial score (nSPS) is 10.2. The lowest BCUT2D eigenvalue weighted by atomic mass is 10.2. The summed E-state index contributed by atoms with van der Waals surface area (Å²) in [5.74, 6) is 0.157. The molecule has 2 amide bonds. The monoisotopic (exact) mass is 348 g/mol. The SMILES string of the molecule is Cc1ccc(NC(=O)CSCC(=O)Nc2ccc(Cl)cc2)cc1. The summed E-state index contributed by atoms with van der Waals surface area (Å²) < 4.78 is 0. The molecule has 120 valence electrons. The van der Waals surface area contributed by atoms with E-state index in [4.69, 9.17) is 11.6 Å². The Morgan fingerprint density at radius 1 is 0.870 bits per heavy atom. The molecule has 2 rings (SSSR count). The maximum absolute atomic E-state index is 11.8. The van der Waals surface area contributed by atoms with Gasteiger partial charge in [0, 0.05) is 16.4 Å². The summed E-state index contributed by atoms with van der Waals surface area (Å²) in [7, 11) is 0. The number of anilines is 2. The van der Waals surface area contributed by atoms with Crippen molar-refractivity contribution in [1.82, 2.24) is 0 Å². The number of amides is 2. The molecule has 0 aliphatic carbocycles. The van der Waals surface area contributed by atoms with Gasteiger partial charge in [-0.05, 0) is 43.3 Å². The summed E-state index contributed by atoms with van der Waals surface area (Å²) in [6.07, 6.45) is 0. The summed E-state index contributed by atoms with van der Waals surface area (Å²) in [4.78, 5) is 23.6. The summed E-state index contributed by atoms with van der Waals surface area (Å²) in [6.45, 7) is 1.99. The van der Waals surface area contributed by atoms with Crippen molar-refractivity contribution in [2.24, 2.45) is 0 Å². The molecule has 0 bridgehead atoms. The number of hydrogen-bond acceptors (Lipinski definition) is 3. The smallest absolute Gasteiger partial charge is 0.234 e. The van der Waals surface area contributed by atoms with Crippen LogP contribution in [0.15, 0.2) is 48.5 Å². The lowest BCUT2D eigenvalue weighted by Gasteiger charge is -2.06. The molecule has 0 spiro atoms. The number of carbonyl (C=O) groups is 2. The molecule has 2 aromatic rings. The van der Waals surface area contributed by atoms with Gasteiger partial charge in [0.2, 0.25) is 11.8 Å². The average molecular weight is 349 g/mol. The molecule has 0 atom stereocenters. The summed E-state index contributed by atoms with van der Waals surface area (Å²) in [5, 5.41) is 6.16. The number of rotatable bonds is 6. The van der Waals surface area contributed by atoms with Crippen LogP contribution in [0.5, 0.6) is 0 Å². The highest BCUT2D eigenvalue weighted by molar-refractivity contribution is 8.00. The molecule has 0 radical (unpaired) electrons. The van der Waals surface area contributed by atoms with Gasteiger partial charge < -0.3 is 10.6 Å². The van der Waals surface area contributed by atoms with Crippen molar-refractivity contribution >= 4 is 46.6 Å². The van der Waals surface area contributed by atoms with Crippen LogP contribution in [0.1, 0.15) is 5.56 Å². The first kappa shape index (κ1) is 17.4. The Balaban J connectivity index is 1.69. The third kappa shape index (κ3) is 6.34. The van der Waals surface area contributed by atoms with Crippen molar-refractivity contribution in [3.63, 3.8) is 0 Å². The predicted molar refractivity (Wildman–Crippen MR) is 97.2 cm³/mol. The third-order valence-electron chi connectivity index (χ3n) is 2.93. The number of aryl methyl sites for hydroxylation is 1. The van der Waals surface area contributed by atoms with Crippen molar-refractivity contribution in [3.8, 4) is 0 Å². The van der Waals surface area contributed by atoms with E-state index >= 15 is 0 Å². The van der Waals surface area contributed by atoms with Gasteiger partial charge in [-0.3, -0.25) is 9.59 Å². The van der Waals surface area contributed by atoms with Crippen molar-refractivity contribution in [3.05, 3.63) is 59.1 Å². The second kappa shape index (κ2) is 8.60. The average Bonchev–Trinajstić information content (AvgIpc) is 2.52. The first-order valence-electron chi connectivity index (χ1n) is 7.02. The molecule has 23 heavy (non-hydrogen) atoms. The Morgan fingerprint density at radius 2 is 1.30 bits per heavy atom. The van der Waals surface area contributed by atoms with Crippen LogP contribution in [0.4, 0.5) is 11.4 Å². The number of benzene rings is 2. The predicted octanol–water partition coefficient (Wildman–Crippen LogP) is 3.96. The van der Waals surface area contributed by atoms with Crippen LogP contribution < -0.4 is 10.6 Å². The highest BCUT2D eigenvalue weighted by Crippen LogP contribution is 2.14. The van der Waals surface area contributed by atoms with E-state index in [9.17, 15) is 9.59 Å². The second-order valence-corrected chi connectivity index (χ2v) is 6.38. The first-order valence-corrected chi connectivity index (χ1v) is 8.56. The minimum atomic E-state index is -0.152. The molecule has 0 fully saturated rings. The molecule has 2 aromatic carbocycles. The van der Waals surface area contributed by atoms with Crippen LogP contribution in [0, 0.1) is 6.92 Å². The molecule has 0 aliphatic heterocycles. The van der Waals surface area contributed by atoms with Crippen molar-refractivity contribution in [1.29, 1.82) is 0 Å². The minimum absolute atomic E-state index is 0.127. The molecular weight excluding hydrogens is 332 g/mol. The number of thioether (sulfide) groups is 1. The van der Waals surface area contributed by atoms with E-state index in [0.29, 0.717) is 10.7 Å². The molecule has 6 heteroatoms. The van der Waals surface area contributed by atoms with Crippen LogP contribution in [0.2, 0.25) is 5.02 Å². The molecule has 4 nitrogen and oxygen atoms in total. The van der Waals surface area contributed by atoms with E-state index in [0.717, 1.165) is 11.3 Å². The zero-order valence-corrected chi connectivity index (χ0v) is 14.2. The van der Waals surface area contributed by atoms with Gasteiger partial charge >= 0.3 is 0 Å². The van der Waals surface area contributed by atoms with E-state index in [1.807, 2.05) is 31.2 Å². The van der Waals surface area contributed by atoms with Gasteiger partial charge in [-0.1, -0.05) is 29.3 Å². The topological polar surface area (TPSA) is 58.2 Å². The van der Waals surface area contributed by atoms with Gasteiger partial charge in [0.15, 0.2) is 0 Å². The fourth-order valence-corrected chi connectivity index (χ4v) is 2.54. The van der Waals surface area contributed by atoms with Crippen LogP contribution >= 0.6 is 23.4 Å². The minimum Gasteiger partial charge on any atom is -0.325 e. The van der Waals surface area contributed by atoms with Gasteiger partial charge in [-0.25, -0.2) is 0 Å². The zero-order chi connectivity index (χ0) is 16.7. The number of carbonyl (C=O) groups excluding carboxylic acids is 2. The molecular formula is C17H17ClN2O2S. The van der Waals surface area contributed by atoms with Gasteiger partial charge in [0.25, 0.3) is 0 Å². The Labute approximate surface area is 144 Å². The fraction of sp³-hybridized carbons (Fsp3) is 0.176. The molecule has 0 aliphatic rings. The Morgan fingerprint density at radius 3 is 1.78 bits per heavy atom. The van der Waals surface area contributed by atoms with Crippen LogP contribution in [-0.2, 0) is 9.59 Å². The lowest BCUT2D eigenvalue weighted by molar-refractivity contribution is -0.114. The van der Waals surface area contributed by atoms with E-state index in [1.165, 1.54) is 11.8 Å². The van der Waals surface area contributed by atoms with Crippen molar-refractivity contribution in [2.75, 3.05) is 22.1 Å². The Bertz CT molecular complexity index is 612. The van der Waals surface area contributed by atoms with E-state index < -0.39 is 0 Å². The summed E-state index contributed by atoms with van der Waals surface area (Å²) >= 11 is 7.04. The Kier molecular flexibility index (Phi) is 6.50. The fourth-order valence-electron chi connectivity index (χ4n) is 1.80. The van der Waals surface area contributed by atoms with E-state index in [-0.39, 0.29) is 23.3 Å².